The van der Waals surface area contributed by atoms with E-state index in [4.69, 9.17) is 4.42 Å². The number of rotatable bonds is 5. The summed E-state index contributed by atoms with van der Waals surface area (Å²) in [5.41, 5.74) is 2.58. The SMILES string of the molecule is C=CC(=O)N1CC(CC(=O)Nc2ccc(-c3ncco3)cc2C)C1. The van der Waals surface area contributed by atoms with Crippen LogP contribution in [-0.4, -0.2) is 34.8 Å². The lowest BCUT2D eigenvalue weighted by Gasteiger charge is -2.38. The highest BCUT2D eigenvalue weighted by atomic mass is 16.3. The highest BCUT2D eigenvalue weighted by Crippen LogP contribution is 2.25. The van der Waals surface area contributed by atoms with Crippen molar-refractivity contribution in [2.75, 3.05) is 18.4 Å². The minimum Gasteiger partial charge on any atom is -0.445 e. The first-order chi connectivity index (χ1) is 11.6. The molecule has 1 fully saturated rings. The van der Waals surface area contributed by atoms with E-state index in [-0.39, 0.29) is 17.7 Å². The molecule has 1 aromatic carbocycles. The number of nitrogens with one attached hydrogen (secondary N) is 1. The van der Waals surface area contributed by atoms with E-state index in [0.29, 0.717) is 25.4 Å². The van der Waals surface area contributed by atoms with Crippen LogP contribution in [0.3, 0.4) is 0 Å². The number of carbonyl (C=O) groups excluding carboxylic acids is 2. The summed E-state index contributed by atoms with van der Waals surface area (Å²) < 4.78 is 5.27. The third-order valence-corrected chi connectivity index (χ3v) is 4.10. The summed E-state index contributed by atoms with van der Waals surface area (Å²) in [7, 11) is 0. The monoisotopic (exact) mass is 325 g/mol. The van der Waals surface area contributed by atoms with Crippen LogP contribution in [0.1, 0.15) is 12.0 Å². The molecule has 1 aromatic heterocycles. The van der Waals surface area contributed by atoms with E-state index in [0.717, 1.165) is 16.8 Å². The van der Waals surface area contributed by atoms with Gasteiger partial charge < -0.3 is 14.6 Å². The molecule has 2 aromatic rings. The van der Waals surface area contributed by atoms with Crippen molar-refractivity contribution in [2.45, 2.75) is 13.3 Å². The van der Waals surface area contributed by atoms with Crippen molar-refractivity contribution in [3.05, 3.63) is 48.9 Å². The van der Waals surface area contributed by atoms with Gasteiger partial charge in [0.15, 0.2) is 0 Å². The molecule has 0 saturated carbocycles. The molecule has 3 rings (SSSR count). The first-order valence-corrected chi connectivity index (χ1v) is 7.78. The number of likely N-dealkylation sites (tertiary alicyclic amines) is 1. The minimum absolute atomic E-state index is 0.0438. The van der Waals surface area contributed by atoms with Crippen LogP contribution in [0.4, 0.5) is 5.69 Å². The van der Waals surface area contributed by atoms with Gasteiger partial charge in [-0.15, -0.1) is 0 Å². The molecule has 0 aliphatic carbocycles. The maximum atomic E-state index is 12.2. The predicted molar refractivity (Wildman–Crippen MR) is 90.2 cm³/mol. The van der Waals surface area contributed by atoms with Gasteiger partial charge in [-0.2, -0.15) is 0 Å². The molecule has 2 heterocycles. The second kappa shape index (κ2) is 6.70. The van der Waals surface area contributed by atoms with E-state index in [2.05, 4.69) is 16.9 Å². The summed E-state index contributed by atoms with van der Waals surface area (Å²) in [6.07, 6.45) is 4.83. The zero-order valence-corrected chi connectivity index (χ0v) is 13.5. The molecule has 1 saturated heterocycles. The number of oxazole rings is 1. The van der Waals surface area contributed by atoms with Crippen LogP contribution in [-0.2, 0) is 9.59 Å². The molecule has 6 heteroatoms. The molecule has 1 N–H and O–H groups in total. The van der Waals surface area contributed by atoms with Crippen molar-refractivity contribution in [3.8, 4) is 11.5 Å². The molecule has 0 unspecified atom stereocenters. The Balaban J connectivity index is 1.55. The van der Waals surface area contributed by atoms with Crippen LogP contribution in [0.2, 0.25) is 0 Å². The second-order valence-corrected chi connectivity index (χ2v) is 5.93. The average Bonchev–Trinajstić information content (AvgIpc) is 3.06. The van der Waals surface area contributed by atoms with Crippen molar-refractivity contribution in [1.29, 1.82) is 0 Å². The number of aromatic nitrogens is 1. The summed E-state index contributed by atoms with van der Waals surface area (Å²) >= 11 is 0. The number of aryl methyl sites for hydroxylation is 1. The highest BCUT2D eigenvalue weighted by Gasteiger charge is 2.30. The number of nitrogens with zero attached hydrogens (tertiary/aromatic N) is 2. The number of anilines is 1. The molecule has 1 aliphatic rings. The zero-order chi connectivity index (χ0) is 17.1. The van der Waals surface area contributed by atoms with Gasteiger partial charge in [0.1, 0.15) is 6.26 Å². The van der Waals surface area contributed by atoms with E-state index in [1.165, 1.54) is 12.3 Å². The Labute approximate surface area is 140 Å². The van der Waals surface area contributed by atoms with Gasteiger partial charge >= 0.3 is 0 Å². The van der Waals surface area contributed by atoms with E-state index in [1.807, 2.05) is 25.1 Å². The molecule has 24 heavy (non-hydrogen) atoms. The van der Waals surface area contributed by atoms with Gasteiger partial charge in [0, 0.05) is 36.7 Å². The van der Waals surface area contributed by atoms with Crippen LogP contribution in [0.5, 0.6) is 0 Å². The summed E-state index contributed by atoms with van der Waals surface area (Å²) in [6.45, 7) is 6.61. The molecule has 124 valence electrons. The number of amides is 2. The molecule has 0 bridgehead atoms. The largest absolute Gasteiger partial charge is 0.445 e. The maximum Gasteiger partial charge on any atom is 0.245 e. The Morgan fingerprint density at radius 2 is 2.25 bits per heavy atom. The Morgan fingerprint density at radius 1 is 1.46 bits per heavy atom. The van der Waals surface area contributed by atoms with Crippen molar-refractivity contribution in [1.82, 2.24) is 9.88 Å². The number of benzene rings is 1. The van der Waals surface area contributed by atoms with Crippen LogP contribution in [0.25, 0.3) is 11.5 Å². The van der Waals surface area contributed by atoms with Gasteiger partial charge in [-0.3, -0.25) is 9.59 Å². The van der Waals surface area contributed by atoms with Crippen LogP contribution >= 0.6 is 0 Å². The molecule has 0 radical (unpaired) electrons. The molecule has 0 spiro atoms. The standard InChI is InChI=1S/C18H19N3O3/c1-3-17(23)21-10-13(11-21)9-16(22)20-15-5-4-14(8-12(15)2)18-19-6-7-24-18/h3-8,13H,1,9-11H2,2H3,(H,20,22). The lowest BCUT2D eigenvalue weighted by Crippen LogP contribution is -2.50. The van der Waals surface area contributed by atoms with E-state index < -0.39 is 0 Å². The Kier molecular flexibility index (Phi) is 4.46. The smallest absolute Gasteiger partial charge is 0.245 e. The minimum atomic E-state index is -0.0790. The lowest BCUT2D eigenvalue weighted by molar-refractivity contribution is -0.134. The number of carbonyl (C=O) groups is 2. The second-order valence-electron chi connectivity index (χ2n) is 5.93. The van der Waals surface area contributed by atoms with Crippen molar-refractivity contribution >= 4 is 17.5 Å². The Morgan fingerprint density at radius 3 is 2.88 bits per heavy atom. The molecular weight excluding hydrogens is 306 g/mol. The van der Waals surface area contributed by atoms with Gasteiger partial charge in [-0.25, -0.2) is 4.98 Å². The van der Waals surface area contributed by atoms with Gasteiger partial charge in [0.05, 0.1) is 6.20 Å². The summed E-state index contributed by atoms with van der Waals surface area (Å²) in [5, 5.41) is 2.93. The molecule has 0 atom stereocenters. The van der Waals surface area contributed by atoms with Crippen LogP contribution < -0.4 is 5.32 Å². The quantitative estimate of drug-likeness (QED) is 0.858. The average molecular weight is 325 g/mol. The van der Waals surface area contributed by atoms with E-state index >= 15 is 0 Å². The fourth-order valence-electron chi connectivity index (χ4n) is 2.77. The van der Waals surface area contributed by atoms with Crippen molar-refractivity contribution in [3.63, 3.8) is 0 Å². The third-order valence-electron chi connectivity index (χ3n) is 4.10. The van der Waals surface area contributed by atoms with Crippen molar-refractivity contribution < 1.29 is 14.0 Å². The van der Waals surface area contributed by atoms with Crippen LogP contribution in [0, 0.1) is 12.8 Å². The lowest BCUT2D eigenvalue weighted by atomic mass is 9.95. The van der Waals surface area contributed by atoms with Gasteiger partial charge in [0.25, 0.3) is 0 Å². The Bertz CT molecular complexity index is 762. The van der Waals surface area contributed by atoms with Gasteiger partial charge in [-0.05, 0) is 36.8 Å². The topological polar surface area (TPSA) is 75.4 Å². The first-order valence-electron chi connectivity index (χ1n) is 7.78. The molecular formula is C18H19N3O3. The van der Waals surface area contributed by atoms with E-state index in [1.54, 1.807) is 11.1 Å². The van der Waals surface area contributed by atoms with Gasteiger partial charge in [0.2, 0.25) is 17.7 Å². The fourth-order valence-corrected chi connectivity index (χ4v) is 2.77. The first kappa shape index (κ1) is 16.0. The maximum absolute atomic E-state index is 12.2. The normalized spacial score (nSPS) is 14.1. The summed E-state index contributed by atoms with van der Waals surface area (Å²) in [5.74, 6) is 0.639. The molecule has 6 nitrogen and oxygen atoms in total. The molecule has 1 aliphatic heterocycles. The summed E-state index contributed by atoms with van der Waals surface area (Å²) in [6, 6.07) is 5.64. The molecule has 2 amide bonds. The van der Waals surface area contributed by atoms with Crippen LogP contribution in [0.15, 0.2) is 47.7 Å². The number of hydrogen-bond acceptors (Lipinski definition) is 4. The number of hydrogen-bond donors (Lipinski definition) is 1. The van der Waals surface area contributed by atoms with Gasteiger partial charge in [-0.1, -0.05) is 6.58 Å². The van der Waals surface area contributed by atoms with Crippen molar-refractivity contribution in [2.24, 2.45) is 5.92 Å². The Hall–Kier alpha value is -2.89. The fraction of sp³-hybridized carbons (Fsp3) is 0.278. The van der Waals surface area contributed by atoms with E-state index in [9.17, 15) is 9.59 Å². The predicted octanol–water partition coefficient (Wildman–Crippen LogP) is 2.62. The zero-order valence-electron chi connectivity index (χ0n) is 13.5. The highest BCUT2D eigenvalue weighted by molar-refractivity contribution is 5.92. The third kappa shape index (κ3) is 3.37. The summed E-state index contributed by atoms with van der Waals surface area (Å²) in [4.78, 5) is 29.3.